The van der Waals surface area contributed by atoms with Gasteiger partial charge in [-0.05, 0) is 49.2 Å². The molecule has 0 aliphatic heterocycles. The van der Waals surface area contributed by atoms with E-state index in [2.05, 4.69) is 0 Å². The molecule has 0 amide bonds. The molecule has 0 saturated carbocycles. The van der Waals surface area contributed by atoms with Crippen molar-refractivity contribution >= 4 is 11.5 Å². The zero-order valence-electron chi connectivity index (χ0n) is 13.1. The number of para-hydroxylation sites is 2. The number of anilines is 1. The second kappa shape index (κ2) is 6.98. The summed E-state index contributed by atoms with van der Waals surface area (Å²) < 4.78 is 11.0. The molecule has 0 radical (unpaired) electrons. The summed E-state index contributed by atoms with van der Waals surface area (Å²) in [6.07, 6.45) is 0.00957. The van der Waals surface area contributed by atoms with Gasteiger partial charge in [-0.15, -0.1) is 0 Å². The summed E-state index contributed by atoms with van der Waals surface area (Å²) >= 11 is 0. The van der Waals surface area contributed by atoms with E-state index in [1.54, 1.807) is 31.4 Å². The number of nitrogens with two attached hydrogens (primary N) is 1. The molecule has 0 aliphatic carbocycles. The van der Waals surface area contributed by atoms with Gasteiger partial charge in [0.25, 0.3) is 0 Å². The lowest BCUT2D eigenvalue weighted by molar-refractivity contribution is 0.0787. The fourth-order valence-corrected chi connectivity index (χ4v) is 2.28. The molecule has 1 atom stereocenters. The van der Waals surface area contributed by atoms with Crippen LogP contribution in [0.15, 0.2) is 42.5 Å². The van der Waals surface area contributed by atoms with Gasteiger partial charge in [0.2, 0.25) is 5.78 Å². The van der Waals surface area contributed by atoms with E-state index in [-0.39, 0.29) is 5.78 Å². The van der Waals surface area contributed by atoms with E-state index >= 15 is 0 Å². The van der Waals surface area contributed by atoms with Gasteiger partial charge in [-0.3, -0.25) is 4.79 Å². The van der Waals surface area contributed by atoms with Gasteiger partial charge in [-0.25, -0.2) is 0 Å². The van der Waals surface area contributed by atoms with Crippen LogP contribution in [-0.2, 0) is 0 Å². The molecule has 0 aromatic heterocycles. The van der Waals surface area contributed by atoms with Gasteiger partial charge in [0.1, 0.15) is 11.5 Å². The Bertz CT molecular complexity index is 667. The molecule has 0 saturated heterocycles. The van der Waals surface area contributed by atoms with Crippen LogP contribution in [0.25, 0.3) is 0 Å². The van der Waals surface area contributed by atoms with Crippen molar-refractivity contribution in [3.05, 3.63) is 53.6 Å². The zero-order valence-corrected chi connectivity index (χ0v) is 13.1. The fraction of sp³-hybridized carbons (Fsp3) is 0.278. The van der Waals surface area contributed by atoms with Crippen molar-refractivity contribution in [2.75, 3.05) is 12.8 Å². The third-order valence-corrected chi connectivity index (χ3v) is 3.55. The Balaban J connectivity index is 2.24. The maximum Gasteiger partial charge on any atom is 0.203 e. The Morgan fingerprint density at radius 2 is 1.95 bits per heavy atom. The van der Waals surface area contributed by atoms with Gasteiger partial charge in [-0.2, -0.15) is 0 Å². The lowest BCUT2D eigenvalue weighted by Crippen LogP contribution is -2.27. The van der Waals surface area contributed by atoms with Crippen LogP contribution in [0, 0.1) is 6.92 Å². The number of ketones is 1. The SMILES string of the molecule is CCC(Oc1ccccc1N)C(=O)c1ccc(OC)cc1C. The lowest BCUT2D eigenvalue weighted by atomic mass is 9.99. The van der Waals surface area contributed by atoms with E-state index in [0.29, 0.717) is 23.4 Å². The first-order valence-corrected chi connectivity index (χ1v) is 7.26. The van der Waals surface area contributed by atoms with Crippen molar-refractivity contribution in [1.29, 1.82) is 0 Å². The van der Waals surface area contributed by atoms with Gasteiger partial charge in [0.15, 0.2) is 6.10 Å². The zero-order chi connectivity index (χ0) is 16.1. The highest BCUT2D eigenvalue weighted by atomic mass is 16.5. The molecule has 0 aliphatic rings. The van der Waals surface area contributed by atoms with E-state index in [0.717, 1.165) is 11.3 Å². The second-order valence-electron chi connectivity index (χ2n) is 5.10. The van der Waals surface area contributed by atoms with Crippen LogP contribution in [0.3, 0.4) is 0 Å². The van der Waals surface area contributed by atoms with E-state index in [9.17, 15) is 4.79 Å². The maximum atomic E-state index is 12.7. The van der Waals surface area contributed by atoms with Crippen molar-refractivity contribution in [2.45, 2.75) is 26.4 Å². The van der Waals surface area contributed by atoms with Crippen LogP contribution < -0.4 is 15.2 Å². The maximum absolute atomic E-state index is 12.7. The number of rotatable bonds is 6. The normalized spacial score (nSPS) is 11.8. The van der Waals surface area contributed by atoms with E-state index < -0.39 is 6.10 Å². The van der Waals surface area contributed by atoms with Gasteiger partial charge < -0.3 is 15.2 Å². The number of ether oxygens (including phenoxy) is 2. The first kappa shape index (κ1) is 15.9. The van der Waals surface area contributed by atoms with Crippen molar-refractivity contribution in [1.82, 2.24) is 0 Å². The minimum Gasteiger partial charge on any atom is -0.497 e. The molecular formula is C18H21NO3. The molecule has 4 heteroatoms. The average molecular weight is 299 g/mol. The quantitative estimate of drug-likeness (QED) is 0.653. The first-order valence-electron chi connectivity index (χ1n) is 7.26. The van der Waals surface area contributed by atoms with Gasteiger partial charge in [0.05, 0.1) is 12.8 Å². The molecule has 1 unspecified atom stereocenters. The molecule has 2 N–H and O–H groups in total. The minimum atomic E-state index is -0.559. The van der Waals surface area contributed by atoms with Gasteiger partial charge in [-0.1, -0.05) is 19.1 Å². The van der Waals surface area contributed by atoms with Crippen LogP contribution >= 0.6 is 0 Å². The summed E-state index contributed by atoms with van der Waals surface area (Å²) in [7, 11) is 1.60. The Hall–Kier alpha value is -2.49. The van der Waals surface area contributed by atoms with Crippen LogP contribution in [0.1, 0.15) is 29.3 Å². The molecule has 2 aromatic carbocycles. The number of Topliss-reactive ketones (excluding diaryl/α,β-unsaturated/α-hetero) is 1. The Morgan fingerprint density at radius 1 is 1.23 bits per heavy atom. The van der Waals surface area contributed by atoms with Crippen molar-refractivity contribution in [2.24, 2.45) is 0 Å². The molecule has 0 bridgehead atoms. The highest BCUT2D eigenvalue weighted by Crippen LogP contribution is 2.25. The van der Waals surface area contributed by atoms with Crippen LogP contribution in [0.2, 0.25) is 0 Å². The standard InChI is InChI=1S/C18H21NO3/c1-4-16(22-17-8-6-5-7-15(17)19)18(20)14-10-9-13(21-3)11-12(14)2/h5-11,16H,4,19H2,1-3H3. The number of benzene rings is 2. The third kappa shape index (κ3) is 3.39. The number of carbonyl (C=O) groups excluding carboxylic acids is 1. The summed E-state index contributed by atoms with van der Waals surface area (Å²) in [6.45, 7) is 3.81. The van der Waals surface area contributed by atoms with Crippen LogP contribution in [0.5, 0.6) is 11.5 Å². The number of hydrogen-bond donors (Lipinski definition) is 1. The topological polar surface area (TPSA) is 61.5 Å². The Morgan fingerprint density at radius 3 is 2.55 bits per heavy atom. The van der Waals surface area contributed by atoms with Crippen molar-refractivity contribution in [3.63, 3.8) is 0 Å². The molecule has 0 fully saturated rings. The molecule has 2 rings (SSSR count). The summed E-state index contributed by atoms with van der Waals surface area (Å²) in [5.74, 6) is 1.22. The summed E-state index contributed by atoms with van der Waals surface area (Å²) in [5.41, 5.74) is 7.91. The smallest absolute Gasteiger partial charge is 0.203 e. The number of nitrogen functional groups attached to an aromatic ring is 1. The molecule has 4 nitrogen and oxygen atoms in total. The third-order valence-electron chi connectivity index (χ3n) is 3.55. The summed E-state index contributed by atoms with van der Waals surface area (Å²) in [4.78, 5) is 12.7. The number of hydrogen-bond acceptors (Lipinski definition) is 4. The molecule has 2 aromatic rings. The van der Waals surface area contributed by atoms with E-state index in [1.165, 1.54) is 0 Å². The number of carbonyl (C=O) groups is 1. The average Bonchev–Trinajstić information content (AvgIpc) is 2.53. The van der Waals surface area contributed by atoms with E-state index in [4.69, 9.17) is 15.2 Å². The number of methoxy groups -OCH3 is 1. The molecule has 0 spiro atoms. The Labute approximate surface area is 130 Å². The molecule has 0 heterocycles. The van der Waals surface area contributed by atoms with Crippen LogP contribution in [-0.4, -0.2) is 19.0 Å². The lowest BCUT2D eigenvalue weighted by Gasteiger charge is -2.19. The summed E-state index contributed by atoms with van der Waals surface area (Å²) in [5, 5.41) is 0. The van der Waals surface area contributed by atoms with E-state index in [1.807, 2.05) is 32.0 Å². The molecule has 22 heavy (non-hydrogen) atoms. The van der Waals surface area contributed by atoms with Crippen molar-refractivity contribution < 1.29 is 14.3 Å². The second-order valence-corrected chi connectivity index (χ2v) is 5.10. The highest BCUT2D eigenvalue weighted by molar-refractivity contribution is 6.01. The van der Waals surface area contributed by atoms with Crippen molar-refractivity contribution in [3.8, 4) is 11.5 Å². The van der Waals surface area contributed by atoms with Crippen LogP contribution in [0.4, 0.5) is 5.69 Å². The van der Waals surface area contributed by atoms with Gasteiger partial charge >= 0.3 is 0 Å². The number of aryl methyl sites for hydroxylation is 1. The minimum absolute atomic E-state index is 0.0501. The monoisotopic (exact) mass is 299 g/mol. The predicted octanol–water partition coefficient (Wildman–Crippen LogP) is 3.63. The summed E-state index contributed by atoms with van der Waals surface area (Å²) in [6, 6.07) is 12.6. The first-order chi connectivity index (χ1) is 10.6. The highest BCUT2D eigenvalue weighted by Gasteiger charge is 2.22. The Kier molecular flexibility index (Phi) is 5.04. The predicted molar refractivity (Wildman–Crippen MR) is 87.6 cm³/mol. The fourth-order valence-electron chi connectivity index (χ4n) is 2.28. The van der Waals surface area contributed by atoms with Gasteiger partial charge in [0, 0.05) is 5.56 Å². The molecular weight excluding hydrogens is 278 g/mol. The largest absolute Gasteiger partial charge is 0.497 e. The molecule has 116 valence electrons.